The molecule has 6 amide bonds. The number of hydrogen-bond acceptors (Lipinski definition) is 6. The first-order valence-electron chi connectivity index (χ1n) is 19.1. The van der Waals surface area contributed by atoms with Gasteiger partial charge in [0, 0.05) is 38.8 Å². The van der Waals surface area contributed by atoms with Gasteiger partial charge in [-0.25, -0.2) is 4.79 Å². The zero-order valence-electron chi connectivity index (χ0n) is 32.0. The number of nitrogens with zero attached hydrogens (tertiary/aromatic N) is 3. The molecule has 0 bridgehead atoms. The minimum atomic E-state index is -1.24. The average Bonchev–Trinajstić information content (AvgIpc) is 3.18. The molecule has 0 spiro atoms. The molecule has 288 valence electrons. The Hall–Kier alpha value is -5.26. The van der Waals surface area contributed by atoms with Crippen LogP contribution in [0, 0.1) is 11.3 Å². The number of piperidine rings is 1. The molecule has 5 rings (SSSR count). The van der Waals surface area contributed by atoms with Crippen molar-refractivity contribution in [1.29, 1.82) is 0 Å². The fraction of sp³-hybridized carbons (Fsp3) is 0.476. The molecule has 1 aromatic heterocycles. The molecule has 2 aromatic carbocycles. The van der Waals surface area contributed by atoms with Gasteiger partial charge in [0.1, 0.15) is 12.1 Å². The first kappa shape index (κ1) is 39.9. The minimum absolute atomic E-state index is 0.0487. The van der Waals surface area contributed by atoms with Gasteiger partial charge >= 0.3 is 6.03 Å². The Bertz CT molecular complexity index is 1740. The number of carbonyl (C=O) groups is 5. The lowest BCUT2D eigenvalue weighted by Crippen LogP contribution is -2.57. The van der Waals surface area contributed by atoms with Crippen molar-refractivity contribution in [2.75, 3.05) is 31.6 Å². The molecule has 1 aliphatic heterocycles. The van der Waals surface area contributed by atoms with Gasteiger partial charge in [0.05, 0.1) is 24.3 Å². The quantitative estimate of drug-likeness (QED) is 0.200. The lowest BCUT2D eigenvalue weighted by Gasteiger charge is -2.34. The Labute approximate surface area is 318 Å². The van der Waals surface area contributed by atoms with Crippen LogP contribution in [0.4, 0.5) is 10.5 Å². The highest BCUT2D eigenvalue weighted by Crippen LogP contribution is 2.29. The highest BCUT2D eigenvalue weighted by molar-refractivity contribution is 5.96. The molecule has 3 atom stereocenters. The minimum Gasteiger partial charge on any atom is -0.355 e. The largest absolute Gasteiger partial charge is 0.355 e. The van der Waals surface area contributed by atoms with E-state index in [1.165, 1.54) is 5.56 Å². The zero-order chi connectivity index (χ0) is 38.7. The standard InChI is InChI=1S/C42H55N7O5/c1-42(2,3)28-44-37(50)26-36(47-41(54)49-24-21-31(22-25-49)40(53)48(4)32-16-11-23-43-27-32)39(52)46-35(20-19-29-12-6-5-7-13-29)38(51)45-34-18-10-15-30-14-8-9-17-33(30)34/h5-9,11-14,16-17,23,27,31,34-36H,10,15,18-22,24-26,28H2,1-4H3,(H,44,50)(H,45,51)(H,46,52)(H,47,54)/t34-,35+,36+/m1/s1. The molecule has 4 N–H and O–H groups in total. The number of likely N-dealkylation sites (tertiary alicyclic amines) is 1. The van der Waals surface area contributed by atoms with Crippen molar-refractivity contribution in [3.8, 4) is 0 Å². The fourth-order valence-electron chi connectivity index (χ4n) is 7.03. The number of carbonyl (C=O) groups excluding carboxylic acids is 5. The number of anilines is 1. The Morgan fingerprint density at radius 1 is 0.870 bits per heavy atom. The molecule has 12 heteroatoms. The van der Waals surface area contributed by atoms with E-state index < -0.39 is 29.9 Å². The fourth-order valence-corrected chi connectivity index (χ4v) is 7.03. The maximum absolute atomic E-state index is 14.1. The third-order valence-corrected chi connectivity index (χ3v) is 10.2. The summed E-state index contributed by atoms with van der Waals surface area (Å²) >= 11 is 0. The second-order valence-electron chi connectivity index (χ2n) is 15.7. The van der Waals surface area contributed by atoms with Gasteiger partial charge < -0.3 is 31.1 Å². The predicted molar refractivity (Wildman–Crippen MR) is 208 cm³/mol. The van der Waals surface area contributed by atoms with Crippen LogP contribution in [0.15, 0.2) is 79.1 Å². The second kappa shape index (κ2) is 18.7. The number of nitrogens with one attached hydrogen (secondary N) is 4. The van der Waals surface area contributed by atoms with E-state index in [4.69, 9.17) is 0 Å². The Balaban J connectivity index is 1.28. The smallest absolute Gasteiger partial charge is 0.318 e. The zero-order valence-corrected chi connectivity index (χ0v) is 32.0. The first-order chi connectivity index (χ1) is 25.9. The summed E-state index contributed by atoms with van der Waals surface area (Å²) < 4.78 is 0. The topological polar surface area (TPSA) is 153 Å². The van der Waals surface area contributed by atoms with E-state index in [1.54, 1.807) is 35.3 Å². The lowest BCUT2D eigenvalue weighted by molar-refractivity contribution is -0.132. The van der Waals surface area contributed by atoms with Crippen molar-refractivity contribution >= 4 is 35.3 Å². The summed E-state index contributed by atoms with van der Waals surface area (Å²) in [5.41, 5.74) is 3.81. The number of urea groups is 1. The molecular formula is C42H55N7O5. The van der Waals surface area contributed by atoms with Crippen LogP contribution in [0.2, 0.25) is 0 Å². The first-order valence-corrected chi connectivity index (χ1v) is 19.1. The Morgan fingerprint density at radius 3 is 2.30 bits per heavy atom. The van der Waals surface area contributed by atoms with Gasteiger partial charge in [0.25, 0.3) is 0 Å². The van der Waals surface area contributed by atoms with Crippen molar-refractivity contribution in [3.63, 3.8) is 0 Å². The number of rotatable bonds is 13. The normalized spacial score (nSPS) is 17.0. The number of hydrogen-bond donors (Lipinski definition) is 4. The second-order valence-corrected chi connectivity index (χ2v) is 15.7. The highest BCUT2D eigenvalue weighted by Gasteiger charge is 2.34. The van der Waals surface area contributed by atoms with Crippen LogP contribution in [-0.4, -0.2) is 78.3 Å². The SMILES string of the molecule is CN(C(=O)C1CCN(C(=O)N[C@@H](CC(=O)NCC(C)(C)C)C(=O)N[C@@H](CCc2ccccc2)C(=O)N[C@@H]2CCCc3ccccc32)CC1)c1cccnc1. The number of aryl methyl sites for hydroxylation is 2. The monoisotopic (exact) mass is 737 g/mol. The highest BCUT2D eigenvalue weighted by atomic mass is 16.2. The maximum atomic E-state index is 14.1. The molecule has 3 aromatic rings. The molecule has 2 aliphatic rings. The predicted octanol–water partition coefficient (Wildman–Crippen LogP) is 4.70. The molecule has 54 heavy (non-hydrogen) atoms. The van der Waals surface area contributed by atoms with Crippen LogP contribution in [-0.2, 0) is 32.0 Å². The molecule has 0 saturated carbocycles. The third kappa shape index (κ3) is 11.4. The van der Waals surface area contributed by atoms with Crippen LogP contribution in [0.5, 0.6) is 0 Å². The Morgan fingerprint density at radius 2 is 1.59 bits per heavy atom. The van der Waals surface area contributed by atoms with Crippen LogP contribution in [0.25, 0.3) is 0 Å². The van der Waals surface area contributed by atoms with Crippen LogP contribution in [0.3, 0.4) is 0 Å². The van der Waals surface area contributed by atoms with Crippen molar-refractivity contribution in [2.24, 2.45) is 11.3 Å². The van der Waals surface area contributed by atoms with Gasteiger partial charge in [-0.1, -0.05) is 75.4 Å². The van der Waals surface area contributed by atoms with Crippen molar-refractivity contribution in [2.45, 2.75) is 90.3 Å². The van der Waals surface area contributed by atoms with E-state index in [0.29, 0.717) is 51.0 Å². The molecule has 2 heterocycles. The van der Waals surface area contributed by atoms with E-state index in [9.17, 15) is 24.0 Å². The van der Waals surface area contributed by atoms with Gasteiger partial charge in [0.15, 0.2) is 0 Å². The van der Waals surface area contributed by atoms with Gasteiger partial charge in [0.2, 0.25) is 23.6 Å². The summed E-state index contributed by atoms with van der Waals surface area (Å²) in [6.07, 6.45) is 7.41. The van der Waals surface area contributed by atoms with E-state index in [0.717, 1.165) is 30.4 Å². The number of pyridine rings is 1. The molecule has 0 radical (unpaired) electrons. The van der Waals surface area contributed by atoms with Gasteiger partial charge in [-0.3, -0.25) is 24.2 Å². The molecule has 0 unspecified atom stereocenters. The van der Waals surface area contributed by atoms with Crippen molar-refractivity contribution < 1.29 is 24.0 Å². The Kier molecular flexibility index (Phi) is 13.8. The molecule has 1 fully saturated rings. The molecule has 1 saturated heterocycles. The van der Waals surface area contributed by atoms with Crippen molar-refractivity contribution in [3.05, 3.63) is 95.8 Å². The van der Waals surface area contributed by atoms with E-state index in [-0.39, 0.29) is 35.6 Å². The van der Waals surface area contributed by atoms with Gasteiger partial charge in [-0.05, 0) is 79.2 Å². The van der Waals surface area contributed by atoms with Crippen LogP contribution < -0.4 is 26.2 Å². The molecule has 1 aliphatic carbocycles. The lowest BCUT2D eigenvalue weighted by atomic mass is 9.87. The van der Waals surface area contributed by atoms with Crippen LogP contribution in [0.1, 0.15) is 82.0 Å². The summed E-state index contributed by atoms with van der Waals surface area (Å²) in [7, 11) is 1.72. The number of benzene rings is 2. The summed E-state index contributed by atoms with van der Waals surface area (Å²) in [6, 6.07) is 18.6. The number of fused-ring (bicyclic) bond motifs is 1. The average molecular weight is 738 g/mol. The third-order valence-electron chi connectivity index (χ3n) is 10.2. The van der Waals surface area contributed by atoms with Crippen LogP contribution >= 0.6 is 0 Å². The van der Waals surface area contributed by atoms with E-state index in [1.807, 2.05) is 75.4 Å². The summed E-state index contributed by atoms with van der Waals surface area (Å²) in [5.74, 6) is -1.65. The number of amides is 6. The van der Waals surface area contributed by atoms with Gasteiger partial charge in [-0.2, -0.15) is 0 Å². The maximum Gasteiger partial charge on any atom is 0.318 e. The van der Waals surface area contributed by atoms with E-state index >= 15 is 0 Å². The molecule has 12 nitrogen and oxygen atoms in total. The van der Waals surface area contributed by atoms with Crippen molar-refractivity contribution in [1.82, 2.24) is 31.2 Å². The molecular weight excluding hydrogens is 683 g/mol. The van der Waals surface area contributed by atoms with Gasteiger partial charge in [-0.15, -0.1) is 0 Å². The van der Waals surface area contributed by atoms with E-state index in [2.05, 4.69) is 32.3 Å². The summed E-state index contributed by atoms with van der Waals surface area (Å²) in [6.45, 7) is 6.96. The number of aromatic nitrogens is 1. The summed E-state index contributed by atoms with van der Waals surface area (Å²) in [5, 5.41) is 11.8. The summed E-state index contributed by atoms with van der Waals surface area (Å²) in [4.78, 5) is 75.5.